The molecule has 0 unspecified atom stereocenters. The highest BCUT2D eigenvalue weighted by Gasteiger charge is 2.28. The van der Waals surface area contributed by atoms with Gasteiger partial charge in [-0.15, -0.1) is 0 Å². The smallest absolute Gasteiger partial charge is 0.261 e. The van der Waals surface area contributed by atoms with Crippen molar-refractivity contribution in [2.75, 3.05) is 27.4 Å². The van der Waals surface area contributed by atoms with Crippen molar-refractivity contribution < 1.29 is 23.8 Å². The Morgan fingerprint density at radius 1 is 0.906 bits per heavy atom. The first-order chi connectivity index (χ1) is 15.5. The van der Waals surface area contributed by atoms with Gasteiger partial charge in [0, 0.05) is 13.1 Å². The van der Waals surface area contributed by atoms with Gasteiger partial charge in [0.2, 0.25) is 5.91 Å². The van der Waals surface area contributed by atoms with E-state index < -0.39 is 6.04 Å². The molecule has 7 nitrogen and oxygen atoms in total. The van der Waals surface area contributed by atoms with Crippen LogP contribution in [0.1, 0.15) is 38.7 Å². The summed E-state index contributed by atoms with van der Waals surface area (Å²) >= 11 is 0. The topological polar surface area (TPSA) is 77.1 Å². The van der Waals surface area contributed by atoms with E-state index in [1.807, 2.05) is 31.2 Å². The van der Waals surface area contributed by atoms with Crippen LogP contribution in [0.2, 0.25) is 0 Å². The van der Waals surface area contributed by atoms with E-state index in [-0.39, 0.29) is 18.4 Å². The van der Waals surface area contributed by atoms with Gasteiger partial charge in [-0.1, -0.05) is 32.4 Å². The van der Waals surface area contributed by atoms with Gasteiger partial charge in [0.05, 0.1) is 14.2 Å². The second-order valence-corrected chi connectivity index (χ2v) is 7.40. The second kappa shape index (κ2) is 13.2. The van der Waals surface area contributed by atoms with E-state index in [0.717, 1.165) is 24.2 Å². The summed E-state index contributed by atoms with van der Waals surface area (Å²) in [6, 6.07) is 13.9. The summed E-state index contributed by atoms with van der Waals surface area (Å²) in [7, 11) is 3.20. The van der Waals surface area contributed by atoms with Crippen molar-refractivity contribution >= 4 is 11.8 Å². The molecule has 0 aromatic heterocycles. The molecule has 0 radical (unpaired) electrons. The second-order valence-electron chi connectivity index (χ2n) is 7.40. The fourth-order valence-corrected chi connectivity index (χ4v) is 3.25. The van der Waals surface area contributed by atoms with Crippen molar-refractivity contribution in [3.63, 3.8) is 0 Å². The molecule has 7 heteroatoms. The average Bonchev–Trinajstić information content (AvgIpc) is 2.83. The fraction of sp³-hybridized carbons (Fsp3) is 0.440. The lowest BCUT2D eigenvalue weighted by molar-refractivity contribution is -0.143. The Morgan fingerprint density at radius 2 is 1.47 bits per heavy atom. The first-order valence-electron chi connectivity index (χ1n) is 11.0. The maximum Gasteiger partial charge on any atom is 0.261 e. The third kappa shape index (κ3) is 7.48. The Labute approximate surface area is 190 Å². The Morgan fingerprint density at radius 3 is 2.00 bits per heavy atom. The summed E-state index contributed by atoms with van der Waals surface area (Å²) < 4.78 is 16.1. The molecular formula is C25H34N2O5. The summed E-state index contributed by atoms with van der Waals surface area (Å²) in [5.41, 5.74) is 0.906. The van der Waals surface area contributed by atoms with Gasteiger partial charge in [0.1, 0.15) is 23.3 Å². The van der Waals surface area contributed by atoms with Crippen LogP contribution in [0.3, 0.4) is 0 Å². The number of benzene rings is 2. The standard InChI is InChI=1S/C25H34N2O5/c1-5-7-16-26-25(29)23(6-2)27(17-19-8-10-20(30-3)11-9-19)24(28)18-32-22-14-12-21(31-4)13-15-22/h8-15,23H,5-7,16-18H2,1-4H3,(H,26,29)/t23-/m0/s1. The van der Waals surface area contributed by atoms with Crippen molar-refractivity contribution in [2.45, 2.75) is 45.7 Å². The van der Waals surface area contributed by atoms with Crippen molar-refractivity contribution in [3.05, 3.63) is 54.1 Å². The van der Waals surface area contributed by atoms with Crippen LogP contribution in [0.4, 0.5) is 0 Å². The van der Waals surface area contributed by atoms with Gasteiger partial charge < -0.3 is 24.4 Å². The monoisotopic (exact) mass is 442 g/mol. The van der Waals surface area contributed by atoms with Crippen LogP contribution < -0.4 is 19.5 Å². The average molecular weight is 443 g/mol. The lowest BCUT2D eigenvalue weighted by atomic mass is 10.1. The normalized spacial score (nSPS) is 11.4. The number of carbonyl (C=O) groups excluding carboxylic acids is 2. The molecule has 0 bridgehead atoms. The highest BCUT2D eigenvalue weighted by Crippen LogP contribution is 2.19. The number of carbonyl (C=O) groups is 2. The molecule has 2 aromatic rings. The number of nitrogens with zero attached hydrogens (tertiary/aromatic N) is 1. The van der Waals surface area contributed by atoms with E-state index in [1.54, 1.807) is 43.4 Å². The maximum absolute atomic E-state index is 13.2. The Balaban J connectivity index is 2.15. The van der Waals surface area contributed by atoms with Crippen LogP contribution in [-0.2, 0) is 16.1 Å². The lowest BCUT2D eigenvalue weighted by Gasteiger charge is -2.30. The molecule has 0 heterocycles. The van der Waals surface area contributed by atoms with Crippen molar-refractivity contribution in [3.8, 4) is 17.2 Å². The number of nitrogens with one attached hydrogen (secondary N) is 1. The molecule has 2 aromatic carbocycles. The molecule has 0 aliphatic rings. The van der Waals surface area contributed by atoms with Crippen LogP contribution in [0.15, 0.2) is 48.5 Å². The van der Waals surface area contributed by atoms with Crippen LogP contribution >= 0.6 is 0 Å². The third-order valence-electron chi connectivity index (χ3n) is 5.15. The molecule has 174 valence electrons. The van der Waals surface area contributed by atoms with E-state index >= 15 is 0 Å². The summed E-state index contributed by atoms with van der Waals surface area (Å²) in [5.74, 6) is 1.60. The molecule has 0 saturated heterocycles. The van der Waals surface area contributed by atoms with Gasteiger partial charge in [-0.2, -0.15) is 0 Å². The summed E-state index contributed by atoms with van der Waals surface area (Å²) in [6.07, 6.45) is 2.39. The van der Waals surface area contributed by atoms with Gasteiger partial charge in [-0.25, -0.2) is 0 Å². The highest BCUT2D eigenvalue weighted by molar-refractivity contribution is 5.88. The number of hydrogen-bond donors (Lipinski definition) is 1. The molecule has 0 aliphatic heterocycles. The zero-order chi connectivity index (χ0) is 23.3. The molecule has 0 spiro atoms. The Bertz CT molecular complexity index is 836. The van der Waals surface area contributed by atoms with Crippen LogP contribution in [0.25, 0.3) is 0 Å². The van der Waals surface area contributed by atoms with E-state index in [1.165, 1.54) is 0 Å². The molecule has 32 heavy (non-hydrogen) atoms. The zero-order valence-electron chi connectivity index (χ0n) is 19.4. The SMILES string of the molecule is CCCCNC(=O)[C@H](CC)N(Cc1ccc(OC)cc1)C(=O)COc1ccc(OC)cc1. The van der Waals surface area contributed by atoms with E-state index in [0.29, 0.717) is 31.0 Å². The molecule has 2 amide bonds. The minimum atomic E-state index is -0.582. The molecule has 0 saturated carbocycles. The minimum Gasteiger partial charge on any atom is -0.497 e. The van der Waals surface area contributed by atoms with E-state index in [4.69, 9.17) is 14.2 Å². The van der Waals surface area contributed by atoms with E-state index in [2.05, 4.69) is 12.2 Å². The van der Waals surface area contributed by atoms with Crippen molar-refractivity contribution in [1.82, 2.24) is 10.2 Å². The van der Waals surface area contributed by atoms with Crippen LogP contribution in [0, 0.1) is 0 Å². The number of ether oxygens (including phenoxy) is 3. The summed E-state index contributed by atoms with van der Waals surface area (Å²) in [6.45, 7) is 4.71. The molecule has 0 fully saturated rings. The lowest BCUT2D eigenvalue weighted by Crippen LogP contribution is -2.50. The number of unbranched alkanes of at least 4 members (excludes halogenated alkanes) is 1. The molecule has 2 rings (SSSR count). The maximum atomic E-state index is 13.2. The molecular weight excluding hydrogens is 408 g/mol. The first-order valence-corrected chi connectivity index (χ1v) is 11.0. The van der Waals surface area contributed by atoms with Gasteiger partial charge in [0.15, 0.2) is 6.61 Å². The molecule has 0 aliphatic carbocycles. The number of amides is 2. The van der Waals surface area contributed by atoms with Gasteiger partial charge >= 0.3 is 0 Å². The first kappa shape index (κ1) is 25.0. The zero-order valence-corrected chi connectivity index (χ0v) is 19.4. The summed E-state index contributed by atoms with van der Waals surface area (Å²) in [5, 5.41) is 2.95. The van der Waals surface area contributed by atoms with Crippen molar-refractivity contribution in [1.29, 1.82) is 0 Å². The highest BCUT2D eigenvalue weighted by atomic mass is 16.5. The van der Waals surface area contributed by atoms with Gasteiger partial charge in [0.25, 0.3) is 5.91 Å². The van der Waals surface area contributed by atoms with Gasteiger partial charge in [-0.3, -0.25) is 9.59 Å². The van der Waals surface area contributed by atoms with Crippen molar-refractivity contribution in [2.24, 2.45) is 0 Å². The Hall–Kier alpha value is -3.22. The van der Waals surface area contributed by atoms with Crippen LogP contribution in [-0.4, -0.2) is 50.1 Å². The summed E-state index contributed by atoms with van der Waals surface area (Å²) in [4.78, 5) is 27.6. The fourth-order valence-electron chi connectivity index (χ4n) is 3.25. The predicted octanol–water partition coefficient (Wildman–Crippen LogP) is 3.81. The minimum absolute atomic E-state index is 0.146. The quantitative estimate of drug-likeness (QED) is 0.478. The molecule has 1 N–H and O–H groups in total. The Kier molecular flexibility index (Phi) is 10.4. The van der Waals surface area contributed by atoms with Gasteiger partial charge in [-0.05, 0) is 54.8 Å². The number of methoxy groups -OCH3 is 2. The van der Waals surface area contributed by atoms with E-state index in [9.17, 15) is 9.59 Å². The third-order valence-corrected chi connectivity index (χ3v) is 5.15. The van der Waals surface area contributed by atoms with Crippen LogP contribution in [0.5, 0.6) is 17.2 Å². The number of rotatable bonds is 13. The largest absolute Gasteiger partial charge is 0.497 e. The predicted molar refractivity (Wildman–Crippen MR) is 124 cm³/mol. The number of hydrogen-bond acceptors (Lipinski definition) is 5. The molecule has 1 atom stereocenters.